The second-order valence-electron chi connectivity index (χ2n) is 5.86. The SMILES string of the molecule is CC(CN1CCc2c(Cl)cccc2C1)N1CCOCC1. The van der Waals surface area contributed by atoms with Gasteiger partial charge in [0.2, 0.25) is 0 Å². The van der Waals surface area contributed by atoms with Gasteiger partial charge in [-0.25, -0.2) is 0 Å². The molecular formula is C16H23ClN2O. The molecule has 3 nitrogen and oxygen atoms in total. The van der Waals surface area contributed by atoms with Gasteiger partial charge in [0.05, 0.1) is 13.2 Å². The van der Waals surface area contributed by atoms with Crippen LogP contribution < -0.4 is 0 Å². The number of morpholine rings is 1. The Morgan fingerprint density at radius 3 is 2.85 bits per heavy atom. The average Bonchev–Trinajstić information content (AvgIpc) is 2.48. The third kappa shape index (κ3) is 3.17. The van der Waals surface area contributed by atoms with Gasteiger partial charge in [-0.15, -0.1) is 0 Å². The number of hydrogen-bond donors (Lipinski definition) is 0. The first kappa shape index (κ1) is 14.3. The van der Waals surface area contributed by atoms with E-state index in [1.165, 1.54) is 11.1 Å². The molecule has 2 aliphatic rings. The first-order valence-corrected chi connectivity index (χ1v) is 7.92. The van der Waals surface area contributed by atoms with Crippen LogP contribution in [0.15, 0.2) is 18.2 Å². The molecule has 2 heterocycles. The van der Waals surface area contributed by atoms with E-state index in [4.69, 9.17) is 16.3 Å². The molecule has 1 fully saturated rings. The molecular weight excluding hydrogens is 272 g/mol. The lowest BCUT2D eigenvalue weighted by atomic mass is 9.99. The zero-order valence-corrected chi connectivity index (χ0v) is 12.9. The van der Waals surface area contributed by atoms with Crippen molar-refractivity contribution in [3.05, 3.63) is 34.3 Å². The minimum atomic E-state index is 0.597. The van der Waals surface area contributed by atoms with Crippen LogP contribution in [0.5, 0.6) is 0 Å². The molecule has 0 amide bonds. The molecule has 1 unspecified atom stereocenters. The normalized spacial score (nSPS) is 22.5. The second kappa shape index (κ2) is 6.44. The van der Waals surface area contributed by atoms with E-state index in [9.17, 15) is 0 Å². The molecule has 0 aliphatic carbocycles. The number of hydrogen-bond acceptors (Lipinski definition) is 3. The van der Waals surface area contributed by atoms with Crippen molar-refractivity contribution in [2.75, 3.05) is 39.4 Å². The summed E-state index contributed by atoms with van der Waals surface area (Å²) in [7, 11) is 0. The van der Waals surface area contributed by atoms with Crippen LogP contribution in [0.3, 0.4) is 0 Å². The van der Waals surface area contributed by atoms with E-state index in [1.807, 2.05) is 6.07 Å². The zero-order chi connectivity index (χ0) is 13.9. The second-order valence-corrected chi connectivity index (χ2v) is 6.27. The van der Waals surface area contributed by atoms with E-state index < -0.39 is 0 Å². The van der Waals surface area contributed by atoms with Gasteiger partial charge in [0.15, 0.2) is 0 Å². The van der Waals surface area contributed by atoms with Gasteiger partial charge >= 0.3 is 0 Å². The van der Waals surface area contributed by atoms with Gasteiger partial charge in [-0.2, -0.15) is 0 Å². The highest BCUT2D eigenvalue weighted by atomic mass is 35.5. The van der Waals surface area contributed by atoms with E-state index in [0.717, 1.165) is 57.4 Å². The number of rotatable bonds is 3. The molecule has 20 heavy (non-hydrogen) atoms. The monoisotopic (exact) mass is 294 g/mol. The number of benzene rings is 1. The highest BCUT2D eigenvalue weighted by molar-refractivity contribution is 6.31. The number of ether oxygens (including phenoxy) is 1. The van der Waals surface area contributed by atoms with Crippen molar-refractivity contribution in [1.29, 1.82) is 0 Å². The Balaban J connectivity index is 1.59. The predicted octanol–water partition coefficient (Wildman–Crippen LogP) is 2.42. The molecule has 1 saturated heterocycles. The van der Waals surface area contributed by atoms with Crippen LogP contribution >= 0.6 is 11.6 Å². The molecule has 1 atom stereocenters. The molecule has 0 spiro atoms. The first-order valence-electron chi connectivity index (χ1n) is 7.54. The summed E-state index contributed by atoms with van der Waals surface area (Å²) in [5.74, 6) is 0. The predicted molar refractivity (Wildman–Crippen MR) is 82.3 cm³/mol. The van der Waals surface area contributed by atoms with Gasteiger partial charge < -0.3 is 4.74 Å². The maximum absolute atomic E-state index is 6.28. The fraction of sp³-hybridized carbons (Fsp3) is 0.625. The summed E-state index contributed by atoms with van der Waals surface area (Å²) < 4.78 is 5.43. The summed E-state index contributed by atoms with van der Waals surface area (Å²) in [6.45, 7) is 9.50. The van der Waals surface area contributed by atoms with Crippen LogP contribution in [0.1, 0.15) is 18.1 Å². The average molecular weight is 295 g/mol. The molecule has 1 aromatic rings. The van der Waals surface area contributed by atoms with Crippen molar-refractivity contribution in [2.24, 2.45) is 0 Å². The summed E-state index contributed by atoms with van der Waals surface area (Å²) in [5, 5.41) is 0.934. The standard InChI is InChI=1S/C16H23ClN2O/c1-13(19-7-9-20-10-8-19)11-18-6-5-15-14(12-18)3-2-4-16(15)17/h2-4,13H,5-12H2,1H3. The Bertz CT molecular complexity index is 460. The van der Waals surface area contributed by atoms with Crippen LogP contribution in [0.4, 0.5) is 0 Å². The summed E-state index contributed by atoms with van der Waals surface area (Å²) in [6.07, 6.45) is 1.07. The third-order valence-electron chi connectivity index (χ3n) is 4.48. The van der Waals surface area contributed by atoms with Crippen LogP contribution in [-0.4, -0.2) is 55.2 Å². The van der Waals surface area contributed by atoms with Crippen LogP contribution in [-0.2, 0) is 17.7 Å². The molecule has 3 rings (SSSR count). The van der Waals surface area contributed by atoms with Crippen molar-refractivity contribution >= 4 is 11.6 Å². The lowest BCUT2D eigenvalue weighted by Crippen LogP contribution is -2.48. The fourth-order valence-corrected chi connectivity index (χ4v) is 3.57. The number of fused-ring (bicyclic) bond motifs is 1. The topological polar surface area (TPSA) is 15.7 Å². The molecule has 4 heteroatoms. The van der Waals surface area contributed by atoms with E-state index in [0.29, 0.717) is 6.04 Å². The molecule has 0 bridgehead atoms. The van der Waals surface area contributed by atoms with Crippen molar-refractivity contribution in [1.82, 2.24) is 9.80 Å². The third-order valence-corrected chi connectivity index (χ3v) is 4.83. The van der Waals surface area contributed by atoms with Gasteiger partial charge in [-0.05, 0) is 30.5 Å². The molecule has 0 N–H and O–H groups in total. The smallest absolute Gasteiger partial charge is 0.0594 e. The van der Waals surface area contributed by atoms with Crippen LogP contribution in [0.25, 0.3) is 0 Å². The minimum Gasteiger partial charge on any atom is -0.379 e. The highest BCUT2D eigenvalue weighted by Gasteiger charge is 2.23. The highest BCUT2D eigenvalue weighted by Crippen LogP contribution is 2.26. The Hall–Kier alpha value is -0.610. The van der Waals surface area contributed by atoms with E-state index >= 15 is 0 Å². The summed E-state index contributed by atoms with van der Waals surface area (Å²) >= 11 is 6.28. The number of nitrogens with zero attached hydrogens (tertiary/aromatic N) is 2. The largest absolute Gasteiger partial charge is 0.379 e. The van der Waals surface area contributed by atoms with Gasteiger partial charge in [0.25, 0.3) is 0 Å². The van der Waals surface area contributed by atoms with Gasteiger partial charge in [-0.1, -0.05) is 23.7 Å². The summed E-state index contributed by atoms with van der Waals surface area (Å²) in [4.78, 5) is 5.09. The molecule has 2 aliphatic heterocycles. The van der Waals surface area contributed by atoms with Crippen molar-refractivity contribution in [2.45, 2.75) is 25.9 Å². The zero-order valence-electron chi connectivity index (χ0n) is 12.1. The van der Waals surface area contributed by atoms with E-state index in [-0.39, 0.29) is 0 Å². The summed E-state index contributed by atoms with van der Waals surface area (Å²) in [6, 6.07) is 6.88. The first-order chi connectivity index (χ1) is 9.74. The molecule has 1 aromatic carbocycles. The lowest BCUT2D eigenvalue weighted by Gasteiger charge is -2.37. The Morgan fingerprint density at radius 2 is 2.05 bits per heavy atom. The number of halogens is 1. The molecule has 110 valence electrons. The molecule has 0 saturated carbocycles. The maximum atomic E-state index is 6.28. The molecule has 0 aromatic heterocycles. The van der Waals surface area contributed by atoms with Crippen molar-refractivity contribution in [3.8, 4) is 0 Å². The lowest BCUT2D eigenvalue weighted by molar-refractivity contribution is 0.0115. The Morgan fingerprint density at radius 1 is 1.25 bits per heavy atom. The van der Waals surface area contributed by atoms with Gasteiger partial charge in [-0.3, -0.25) is 9.80 Å². The van der Waals surface area contributed by atoms with Crippen LogP contribution in [0.2, 0.25) is 5.02 Å². The van der Waals surface area contributed by atoms with E-state index in [2.05, 4.69) is 28.9 Å². The fourth-order valence-electron chi connectivity index (χ4n) is 3.28. The Labute approximate surface area is 126 Å². The quantitative estimate of drug-likeness (QED) is 0.851. The van der Waals surface area contributed by atoms with Crippen molar-refractivity contribution < 1.29 is 4.74 Å². The molecule has 0 radical (unpaired) electrons. The van der Waals surface area contributed by atoms with E-state index in [1.54, 1.807) is 0 Å². The van der Waals surface area contributed by atoms with Crippen molar-refractivity contribution in [3.63, 3.8) is 0 Å². The Kier molecular flexibility index (Phi) is 4.61. The van der Waals surface area contributed by atoms with Crippen LogP contribution in [0, 0.1) is 0 Å². The van der Waals surface area contributed by atoms with Gasteiger partial charge in [0, 0.05) is 43.8 Å². The minimum absolute atomic E-state index is 0.597. The maximum Gasteiger partial charge on any atom is 0.0594 e. The van der Waals surface area contributed by atoms with Gasteiger partial charge in [0.1, 0.15) is 0 Å². The summed E-state index contributed by atoms with van der Waals surface area (Å²) in [5.41, 5.74) is 2.75.